The Bertz CT molecular complexity index is 268. The molecule has 1 atom stereocenters. The molecule has 3 nitrogen and oxygen atoms in total. The standard InChI is InChI=1S/C10H18BrN3/c1-8(2)6-14-10(12-7-13-14)5-4-9(3)11/h7-9H,4-6H2,1-3H3. The monoisotopic (exact) mass is 259 g/mol. The lowest BCUT2D eigenvalue weighted by molar-refractivity contribution is 0.463. The Hall–Kier alpha value is -0.380. The number of hydrogen-bond donors (Lipinski definition) is 0. The number of rotatable bonds is 5. The fourth-order valence-electron chi connectivity index (χ4n) is 1.31. The quantitative estimate of drug-likeness (QED) is 0.762. The summed E-state index contributed by atoms with van der Waals surface area (Å²) in [6.07, 6.45) is 3.76. The maximum atomic E-state index is 4.27. The first-order valence-corrected chi connectivity index (χ1v) is 6.02. The summed E-state index contributed by atoms with van der Waals surface area (Å²) in [5, 5.41) is 4.22. The van der Waals surface area contributed by atoms with E-state index in [1.165, 1.54) is 0 Å². The van der Waals surface area contributed by atoms with E-state index in [1.807, 2.05) is 4.68 Å². The van der Waals surface area contributed by atoms with E-state index in [4.69, 9.17) is 0 Å². The van der Waals surface area contributed by atoms with E-state index in [2.05, 4.69) is 46.8 Å². The van der Waals surface area contributed by atoms with Crippen molar-refractivity contribution in [3.05, 3.63) is 12.2 Å². The smallest absolute Gasteiger partial charge is 0.138 e. The SMILES string of the molecule is CC(C)Cn1ncnc1CCC(C)Br. The van der Waals surface area contributed by atoms with Gasteiger partial charge < -0.3 is 0 Å². The van der Waals surface area contributed by atoms with Crippen LogP contribution < -0.4 is 0 Å². The van der Waals surface area contributed by atoms with Gasteiger partial charge in [0.2, 0.25) is 0 Å². The lowest BCUT2D eigenvalue weighted by Gasteiger charge is -2.08. The maximum Gasteiger partial charge on any atom is 0.138 e. The summed E-state index contributed by atoms with van der Waals surface area (Å²) in [5.74, 6) is 1.72. The topological polar surface area (TPSA) is 30.7 Å². The predicted molar refractivity (Wildman–Crippen MR) is 61.6 cm³/mol. The molecule has 0 aliphatic heterocycles. The Morgan fingerprint density at radius 3 is 2.71 bits per heavy atom. The molecule has 1 unspecified atom stereocenters. The lowest BCUT2D eigenvalue weighted by Crippen LogP contribution is -2.11. The largest absolute Gasteiger partial charge is 0.250 e. The highest BCUT2D eigenvalue weighted by atomic mass is 79.9. The molecule has 0 N–H and O–H groups in total. The van der Waals surface area contributed by atoms with Crippen LogP contribution in [0, 0.1) is 5.92 Å². The van der Waals surface area contributed by atoms with E-state index in [9.17, 15) is 0 Å². The van der Waals surface area contributed by atoms with E-state index in [-0.39, 0.29) is 0 Å². The molecule has 0 aliphatic carbocycles. The van der Waals surface area contributed by atoms with Crippen LogP contribution in [0.2, 0.25) is 0 Å². The number of aryl methyl sites for hydroxylation is 1. The number of halogens is 1. The molecule has 0 aromatic carbocycles. The molecule has 0 saturated carbocycles. The van der Waals surface area contributed by atoms with Gasteiger partial charge in [0.05, 0.1) is 0 Å². The van der Waals surface area contributed by atoms with E-state index in [0.29, 0.717) is 10.7 Å². The second kappa shape index (κ2) is 5.49. The Morgan fingerprint density at radius 2 is 2.14 bits per heavy atom. The van der Waals surface area contributed by atoms with Gasteiger partial charge in [0.25, 0.3) is 0 Å². The van der Waals surface area contributed by atoms with Crippen LogP contribution in [0.5, 0.6) is 0 Å². The molecule has 1 heterocycles. The molecule has 4 heteroatoms. The number of nitrogens with zero attached hydrogens (tertiary/aromatic N) is 3. The molecule has 0 aliphatic rings. The van der Waals surface area contributed by atoms with Crippen molar-refractivity contribution < 1.29 is 0 Å². The fraction of sp³-hybridized carbons (Fsp3) is 0.800. The number of hydrogen-bond acceptors (Lipinski definition) is 2. The molecule has 1 rings (SSSR count). The van der Waals surface area contributed by atoms with Gasteiger partial charge in [-0.1, -0.05) is 36.7 Å². The first-order chi connectivity index (χ1) is 6.59. The third-order valence-corrected chi connectivity index (χ3v) is 2.46. The van der Waals surface area contributed by atoms with Gasteiger partial charge in [-0.2, -0.15) is 5.10 Å². The molecule has 0 spiro atoms. The zero-order chi connectivity index (χ0) is 10.6. The Balaban J connectivity index is 2.53. The summed E-state index contributed by atoms with van der Waals surface area (Å²) < 4.78 is 2.01. The van der Waals surface area contributed by atoms with E-state index < -0.39 is 0 Å². The minimum atomic E-state index is 0.548. The highest BCUT2D eigenvalue weighted by Gasteiger charge is 2.06. The van der Waals surface area contributed by atoms with Crippen molar-refractivity contribution >= 4 is 15.9 Å². The van der Waals surface area contributed by atoms with E-state index >= 15 is 0 Å². The van der Waals surface area contributed by atoms with Crippen molar-refractivity contribution in [1.82, 2.24) is 14.8 Å². The normalized spacial score (nSPS) is 13.5. The summed E-state index contributed by atoms with van der Waals surface area (Å²) >= 11 is 3.54. The average molecular weight is 260 g/mol. The zero-order valence-corrected chi connectivity index (χ0v) is 10.7. The van der Waals surface area contributed by atoms with Gasteiger partial charge in [0.15, 0.2) is 0 Å². The third-order valence-electron chi connectivity index (χ3n) is 2.00. The van der Waals surface area contributed by atoms with Gasteiger partial charge in [-0.05, 0) is 12.3 Å². The van der Waals surface area contributed by atoms with Crippen LogP contribution in [0.1, 0.15) is 33.0 Å². The molecular formula is C10H18BrN3. The molecule has 1 aromatic rings. The summed E-state index contributed by atoms with van der Waals surface area (Å²) in [4.78, 5) is 4.82. The maximum absolute atomic E-state index is 4.27. The summed E-state index contributed by atoms with van der Waals surface area (Å²) in [6.45, 7) is 7.51. The Morgan fingerprint density at radius 1 is 1.43 bits per heavy atom. The average Bonchev–Trinajstić information content (AvgIpc) is 2.47. The molecule has 0 fully saturated rings. The Labute approximate surface area is 94.0 Å². The second-order valence-corrected chi connectivity index (χ2v) is 5.63. The predicted octanol–water partition coefficient (Wildman–Crippen LogP) is 2.65. The number of aromatic nitrogens is 3. The molecule has 14 heavy (non-hydrogen) atoms. The molecule has 1 aromatic heterocycles. The minimum absolute atomic E-state index is 0.548. The van der Waals surface area contributed by atoms with Crippen LogP contribution in [0.15, 0.2) is 6.33 Å². The van der Waals surface area contributed by atoms with Crippen molar-refractivity contribution in [2.45, 2.75) is 45.0 Å². The molecule has 0 radical (unpaired) electrons. The van der Waals surface area contributed by atoms with E-state index in [1.54, 1.807) is 6.33 Å². The zero-order valence-electron chi connectivity index (χ0n) is 9.07. The molecular weight excluding hydrogens is 242 g/mol. The summed E-state index contributed by atoms with van der Waals surface area (Å²) in [7, 11) is 0. The van der Waals surface area contributed by atoms with Gasteiger partial charge in [-0.25, -0.2) is 9.67 Å². The van der Waals surface area contributed by atoms with Crippen molar-refractivity contribution in [1.29, 1.82) is 0 Å². The molecule has 0 amide bonds. The first-order valence-electron chi connectivity index (χ1n) is 5.10. The highest BCUT2D eigenvalue weighted by molar-refractivity contribution is 9.09. The van der Waals surface area contributed by atoms with Gasteiger partial charge in [-0.3, -0.25) is 0 Å². The summed E-state index contributed by atoms with van der Waals surface area (Å²) in [5.41, 5.74) is 0. The van der Waals surface area contributed by atoms with Crippen molar-refractivity contribution in [2.75, 3.05) is 0 Å². The van der Waals surface area contributed by atoms with Crippen molar-refractivity contribution in [3.8, 4) is 0 Å². The van der Waals surface area contributed by atoms with Crippen LogP contribution in [0.4, 0.5) is 0 Å². The lowest BCUT2D eigenvalue weighted by atomic mass is 10.2. The van der Waals surface area contributed by atoms with Crippen LogP contribution in [0.3, 0.4) is 0 Å². The number of alkyl halides is 1. The minimum Gasteiger partial charge on any atom is -0.250 e. The van der Waals surface area contributed by atoms with Crippen molar-refractivity contribution in [2.24, 2.45) is 5.92 Å². The summed E-state index contributed by atoms with van der Waals surface area (Å²) in [6, 6.07) is 0. The third kappa shape index (κ3) is 3.78. The van der Waals surface area contributed by atoms with Crippen LogP contribution >= 0.6 is 15.9 Å². The first kappa shape index (κ1) is 11.7. The molecule has 0 bridgehead atoms. The highest BCUT2D eigenvalue weighted by Crippen LogP contribution is 2.09. The van der Waals surface area contributed by atoms with Crippen LogP contribution in [-0.4, -0.2) is 19.6 Å². The van der Waals surface area contributed by atoms with Crippen LogP contribution in [0.25, 0.3) is 0 Å². The van der Waals surface area contributed by atoms with Gasteiger partial charge in [0, 0.05) is 17.8 Å². The molecule has 0 saturated heterocycles. The Kier molecular flexibility index (Phi) is 4.58. The van der Waals surface area contributed by atoms with Gasteiger partial charge in [0.1, 0.15) is 12.2 Å². The van der Waals surface area contributed by atoms with Crippen LogP contribution in [-0.2, 0) is 13.0 Å². The van der Waals surface area contributed by atoms with Gasteiger partial charge >= 0.3 is 0 Å². The van der Waals surface area contributed by atoms with Gasteiger partial charge in [-0.15, -0.1) is 0 Å². The second-order valence-electron chi connectivity index (χ2n) is 4.07. The van der Waals surface area contributed by atoms with Crippen molar-refractivity contribution in [3.63, 3.8) is 0 Å². The van der Waals surface area contributed by atoms with E-state index in [0.717, 1.165) is 25.2 Å². The fourth-order valence-corrected chi connectivity index (χ4v) is 1.54. The molecule has 80 valence electrons.